The summed E-state index contributed by atoms with van der Waals surface area (Å²) in [7, 11) is 0. The Morgan fingerprint density at radius 2 is 2.26 bits per heavy atom. The van der Waals surface area contributed by atoms with Gasteiger partial charge >= 0.3 is 0 Å². The highest BCUT2D eigenvalue weighted by Gasteiger charge is 2.32. The molecule has 0 radical (unpaired) electrons. The molecular formula is C14H21Cl2N5OS. The Bertz CT molecular complexity index is 646. The van der Waals surface area contributed by atoms with E-state index in [1.54, 1.807) is 17.5 Å². The molecule has 1 unspecified atom stereocenters. The van der Waals surface area contributed by atoms with Crippen molar-refractivity contribution in [3.63, 3.8) is 0 Å². The fourth-order valence-corrected chi connectivity index (χ4v) is 3.34. The Balaban J connectivity index is 0.00000132. The Kier molecular flexibility index (Phi) is 7.01. The summed E-state index contributed by atoms with van der Waals surface area (Å²) >= 11 is 1.56. The molecule has 128 valence electrons. The summed E-state index contributed by atoms with van der Waals surface area (Å²) in [5, 5.41) is 16.4. The van der Waals surface area contributed by atoms with Gasteiger partial charge in [0.2, 0.25) is 0 Å². The second-order valence-electron chi connectivity index (χ2n) is 5.43. The Hall–Kier alpha value is -1.15. The third-order valence-electron chi connectivity index (χ3n) is 4.02. The first-order valence-corrected chi connectivity index (χ1v) is 8.01. The van der Waals surface area contributed by atoms with Gasteiger partial charge in [-0.15, -0.1) is 36.2 Å². The molecule has 3 rings (SSSR count). The molecule has 3 heterocycles. The second-order valence-corrected chi connectivity index (χ2v) is 6.33. The van der Waals surface area contributed by atoms with Crippen LogP contribution in [0.15, 0.2) is 11.6 Å². The lowest BCUT2D eigenvalue weighted by molar-refractivity contribution is 0.0895. The van der Waals surface area contributed by atoms with E-state index in [1.807, 2.05) is 19.2 Å². The molecule has 0 aliphatic carbocycles. The lowest BCUT2D eigenvalue weighted by Crippen LogP contribution is -2.43. The van der Waals surface area contributed by atoms with Crippen LogP contribution in [0.4, 0.5) is 0 Å². The number of H-pyrrole nitrogens is 1. The molecule has 0 aromatic carbocycles. The van der Waals surface area contributed by atoms with Gasteiger partial charge in [-0.25, -0.2) is 4.98 Å². The van der Waals surface area contributed by atoms with Crippen molar-refractivity contribution in [3.05, 3.63) is 33.5 Å². The first-order valence-electron chi connectivity index (χ1n) is 7.13. The number of hydrogen-bond acceptors (Lipinski definition) is 5. The van der Waals surface area contributed by atoms with Gasteiger partial charge in [-0.1, -0.05) is 6.92 Å². The topological polar surface area (TPSA) is 82.7 Å². The predicted octanol–water partition coefficient (Wildman–Crippen LogP) is 2.41. The minimum absolute atomic E-state index is 0. The third-order valence-corrected chi connectivity index (χ3v) is 5.06. The fraction of sp³-hybridized carbons (Fsp3) is 0.500. The van der Waals surface area contributed by atoms with Gasteiger partial charge in [-0.2, -0.15) is 5.10 Å². The van der Waals surface area contributed by atoms with E-state index < -0.39 is 5.54 Å². The maximum absolute atomic E-state index is 12.6. The highest BCUT2D eigenvalue weighted by molar-refractivity contribution is 7.09. The SMILES string of the molecule is CCC(C)(NC(=O)c1n[nH]c2c1CNCC2)c1nccs1.Cl.Cl. The number of halogens is 2. The average Bonchev–Trinajstić information content (AvgIpc) is 3.16. The number of amides is 1. The Morgan fingerprint density at radius 3 is 2.91 bits per heavy atom. The molecule has 1 aliphatic rings. The summed E-state index contributed by atoms with van der Waals surface area (Å²) in [5.41, 5.74) is 2.08. The molecule has 9 heteroatoms. The molecule has 1 atom stereocenters. The summed E-state index contributed by atoms with van der Waals surface area (Å²) in [5.74, 6) is -0.143. The number of aromatic amines is 1. The molecule has 3 N–H and O–H groups in total. The summed E-state index contributed by atoms with van der Waals surface area (Å²) in [6, 6.07) is 0. The highest BCUT2D eigenvalue weighted by Crippen LogP contribution is 2.27. The van der Waals surface area contributed by atoms with Gasteiger partial charge in [-0.05, 0) is 13.3 Å². The number of carbonyl (C=O) groups excluding carboxylic acids is 1. The molecule has 0 saturated heterocycles. The summed E-state index contributed by atoms with van der Waals surface area (Å²) < 4.78 is 0. The van der Waals surface area contributed by atoms with Crippen LogP contribution in [-0.2, 0) is 18.5 Å². The van der Waals surface area contributed by atoms with E-state index in [2.05, 4.69) is 25.8 Å². The number of hydrogen-bond donors (Lipinski definition) is 3. The number of fused-ring (bicyclic) bond motifs is 1. The molecule has 0 bridgehead atoms. The van der Waals surface area contributed by atoms with Crippen molar-refractivity contribution >= 4 is 42.1 Å². The van der Waals surface area contributed by atoms with E-state index in [0.29, 0.717) is 12.2 Å². The molecule has 0 saturated carbocycles. The summed E-state index contributed by atoms with van der Waals surface area (Å²) in [6.07, 6.45) is 3.42. The first-order chi connectivity index (χ1) is 10.1. The van der Waals surface area contributed by atoms with Crippen LogP contribution in [0.5, 0.6) is 0 Å². The van der Waals surface area contributed by atoms with Crippen molar-refractivity contribution < 1.29 is 4.79 Å². The van der Waals surface area contributed by atoms with Crippen molar-refractivity contribution in [2.75, 3.05) is 6.54 Å². The minimum Gasteiger partial charge on any atom is -0.339 e. The maximum atomic E-state index is 12.6. The van der Waals surface area contributed by atoms with Crippen LogP contribution >= 0.6 is 36.2 Å². The number of nitrogens with zero attached hydrogens (tertiary/aromatic N) is 2. The molecule has 0 spiro atoms. The molecule has 1 amide bonds. The lowest BCUT2D eigenvalue weighted by atomic mass is 9.99. The lowest BCUT2D eigenvalue weighted by Gasteiger charge is -2.27. The van der Waals surface area contributed by atoms with E-state index in [4.69, 9.17) is 0 Å². The van der Waals surface area contributed by atoms with Gasteiger partial charge in [0.15, 0.2) is 5.69 Å². The molecule has 23 heavy (non-hydrogen) atoms. The van der Waals surface area contributed by atoms with Crippen molar-refractivity contribution in [2.24, 2.45) is 0 Å². The fourth-order valence-electron chi connectivity index (χ4n) is 2.51. The van der Waals surface area contributed by atoms with Gasteiger partial charge in [0, 0.05) is 42.3 Å². The van der Waals surface area contributed by atoms with Crippen molar-refractivity contribution in [2.45, 2.75) is 38.8 Å². The first kappa shape index (κ1) is 19.9. The van der Waals surface area contributed by atoms with Gasteiger partial charge < -0.3 is 10.6 Å². The molecule has 0 fully saturated rings. The smallest absolute Gasteiger partial charge is 0.272 e. The second kappa shape index (κ2) is 8.10. The zero-order chi connectivity index (χ0) is 14.9. The van der Waals surface area contributed by atoms with Gasteiger partial charge in [0.05, 0.1) is 5.54 Å². The highest BCUT2D eigenvalue weighted by atomic mass is 35.5. The molecular weight excluding hydrogens is 357 g/mol. The Labute approximate surface area is 151 Å². The molecule has 6 nitrogen and oxygen atoms in total. The number of rotatable bonds is 4. The summed E-state index contributed by atoms with van der Waals surface area (Å²) in [6.45, 7) is 5.65. The van der Waals surface area contributed by atoms with Crippen molar-refractivity contribution in [1.82, 2.24) is 25.8 Å². The van der Waals surface area contributed by atoms with E-state index in [9.17, 15) is 4.79 Å². The monoisotopic (exact) mass is 377 g/mol. The van der Waals surface area contributed by atoms with Gasteiger partial charge in [-0.3, -0.25) is 9.89 Å². The van der Waals surface area contributed by atoms with Gasteiger partial charge in [0.25, 0.3) is 5.91 Å². The number of carbonyl (C=O) groups is 1. The van der Waals surface area contributed by atoms with Gasteiger partial charge in [0.1, 0.15) is 5.01 Å². The van der Waals surface area contributed by atoms with Crippen LogP contribution in [0.3, 0.4) is 0 Å². The van der Waals surface area contributed by atoms with E-state index in [-0.39, 0.29) is 30.7 Å². The average molecular weight is 378 g/mol. The zero-order valence-corrected chi connectivity index (χ0v) is 15.5. The number of thiazole rings is 1. The summed E-state index contributed by atoms with van der Waals surface area (Å²) in [4.78, 5) is 16.9. The van der Waals surface area contributed by atoms with Crippen LogP contribution in [-0.4, -0.2) is 27.6 Å². The Morgan fingerprint density at radius 1 is 1.48 bits per heavy atom. The number of nitrogens with one attached hydrogen (secondary N) is 3. The van der Waals surface area contributed by atoms with Crippen LogP contribution in [0.2, 0.25) is 0 Å². The molecule has 2 aromatic rings. The normalized spacial score (nSPS) is 15.6. The van der Waals surface area contributed by atoms with Crippen LogP contribution < -0.4 is 10.6 Å². The number of aromatic nitrogens is 3. The largest absolute Gasteiger partial charge is 0.339 e. The van der Waals surface area contributed by atoms with Crippen LogP contribution in [0.1, 0.15) is 47.0 Å². The predicted molar refractivity (Wildman–Crippen MR) is 95.7 cm³/mol. The van der Waals surface area contributed by atoms with E-state index in [1.165, 1.54) is 0 Å². The van der Waals surface area contributed by atoms with E-state index >= 15 is 0 Å². The quantitative estimate of drug-likeness (QED) is 0.763. The molecule has 1 aliphatic heterocycles. The molecule has 2 aromatic heterocycles. The zero-order valence-electron chi connectivity index (χ0n) is 13.0. The standard InChI is InChI=1S/C14H19N5OS.2ClH/c1-3-14(2,13-16-6-7-21-13)17-12(20)11-9-8-15-5-4-10(9)18-19-11;;/h6-7,15H,3-5,8H2,1-2H3,(H,17,20)(H,18,19);2*1H. The minimum atomic E-state index is -0.459. The van der Waals surface area contributed by atoms with Crippen molar-refractivity contribution in [1.29, 1.82) is 0 Å². The van der Waals surface area contributed by atoms with Crippen LogP contribution in [0.25, 0.3) is 0 Å². The van der Waals surface area contributed by atoms with E-state index in [0.717, 1.165) is 35.7 Å². The van der Waals surface area contributed by atoms with Crippen molar-refractivity contribution in [3.8, 4) is 0 Å². The van der Waals surface area contributed by atoms with Crippen LogP contribution in [0, 0.1) is 0 Å². The maximum Gasteiger partial charge on any atom is 0.272 e. The third kappa shape index (κ3) is 3.85.